The van der Waals surface area contributed by atoms with Gasteiger partial charge < -0.3 is 15.0 Å². The number of fused-ring (bicyclic) bond motifs is 1. The molecule has 2 aliphatic carbocycles. The first-order valence-corrected chi connectivity index (χ1v) is 11.8. The van der Waals surface area contributed by atoms with Crippen LogP contribution in [0.2, 0.25) is 0 Å². The van der Waals surface area contributed by atoms with Gasteiger partial charge in [-0.05, 0) is 30.4 Å². The summed E-state index contributed by atoms with van der Waals surface area (Å²) in [6, 6.07) is 0. The quantitative estimate of drug-likeness (QED) is 0.653. The van der Waals surface area contributed by atoms with Gasteiger partial charge in [0.05, 0.1) is 6.54 Å². The molecule has 1 N–H and O–H groups in total. The minimum atomic E-state index is -4.64. The molecular weight excluding hydrogens is 415 g/mol. The van der Waals surface area contributed by atoms with Crippen molar-refractivity contribution in [1.29, 1.82) is 0 Å². The van der Waals surface area contributed by atoms with E-state index in [4.69, 9.17) is 0 Å². The number of nitrogens with one attached hydrogen (secondary N) is 1. The molecule has 1 amide bonds. The van der Waals surface area contributed by atoms with E-state index in [0.717, 1.165) is 44.2 Å². The van der Waals surface area contributed by atoms with E-state index in [-0.39, 0.29) is 23.5 Å². The topological polar surface area (TPSA) is 44.8 Å². The number of alkyl halides is 3. The van der Waals surface area contributed by atoms with Crippen molar-refractivity contribution in [2.45, 2.75) is 19.7 Å². The largest absolute Gasteiger partial charge is 0.572 e. The van der Waals surface area contributed by atoms with Gasteiger partial charge >= 0.3 is 6.36 Å². The summed E-state index contributed by atoms with van der Waals surface area (Å²) in [4.78, 5) is 16.7. The third-order valence-corrected chi connectivity index (χ3v) is 7.63. The molecule has 0 aromatic carbocycles. The van der Waals surface area contributed by atoms with Crippen LogP contribution in [0.3, 0.4) is 0 Å². The van der Waals surface area contributed by atoms with E-state index in [2.05, 4.69) is 15.0 Å². The Labute approximate surface area is 180 Å². The van der Waals surface area contributed by atoms with E-state index in [0.29, 0.717) is 30.8 Å². The number of allylic oxidation sites excluding steroid dienone is 3. The number of piperidine rings is 1. The summed E-state index contributed by atoms with van der Waals surface area (Å²) >= 11 is 1.91. The predicted octanol–water partition coefficient (Wildman–Crippen LogP) is 2.72. The van der Waals surface area contributed by atoms with Crippen molar-refractivity contribution >= 4 is 17.7 Å². The summed E-state index contributed by atoms with van der Waals surface area (Å²) in [5, 5.41) is 3.47. The third kappa shape index (κ3) is 5.53. The molecule has 2 heterocycles. The van der Waals surface area contributed by atoms with E-state index < -0.39 is 6.36 Å². The monoisotopic (exact) mass is 445 g/mol. The van der Waals surface area contributed by atoms with E-state index in [1.807, 2.05) is 29.7 Å². The fourth-order valence-corrected chi connectivity index (χ4v) is 5.94. The SMILES string of the molecule is CC1(CNCC2C3CN(CC(=O)N4CCSCC4)CC23)C=CC=C(OC(F)(F)F)C1. The lowest BCUT2D eigenvalue weighted by molar-refractivity contribution is -0.307. The van der Waals surface area contributed by atoms with Crippen molar-refractivity contribution in [3.8, 4) is 0 Å². The van der Waals surface area contributed by atoms with Crippen LogP contribution in [0.5, 0.6) is 0 Å². The van der Waals surface area contributed by atoms with Crippen LogP contribution in [0.4, 0.5) is 13.2 Å². The average molecular weight is 446 g/mol. The van der Waals surface area contributed by atoms with Crippen molar-refractivity contribution in [2.75, 3.05) is 57.3 Å². The Morgan fingerprint density at radius 1 is 1.30 bits per heavy atom. The molecule has 1 saturated carbocycles. The molecular formula is C21H30F3N3O2S. The Kier molecular flexibility index (Phi) is 6.42. The first-order valence-electron chi connectivity index (χ1n) is 10.7. The first kappa shape index (κ1) is 22.0. The van der Waals surface area contributed by atoms with Crippen LogP contribution in [0.25, 0.3) is 0 Å². The molecule has 5 nitrogen and oxygen atoms in total. The maximum Gasteiger partial charge on any atom is 0.572 e. The maximum absolute atomic E-state index is 12.5. The summed E-state index contributed by atoms with van der Waals surface area (Å²) in [6.45, 7) is 7.68. The lowest BCUT2D eigenvalue weighted by Gasteiger charge is -2.30. The summed E-state index contributed by atoms with van der Waals surface area (Å²) in [5.74, 6) is 4.19. The molecule has 3 unspecified atom stereocenters. The van der Waals surface area contributed by atoms with Gasteiger partial charge in [0.25, 0.3) is 0 Å². The Morgan fingerprint density at radius 3 is 2.67 bits per heavy atom. The van der Waals surface area contributed by atoms with Crippen LogP contribution in [-0.2, 0) is 9.53 Å². The Hall–Kier alpha value is -1.19. The molecule has 2 saturated heterocycles. The first-order chi connectivity index (χ1) is 14.2. The fraction of sp³-hybridized carbons (Fsp3) is 0.762. The van der Waals surface area contributed by atoms with Crippen LogP contribution >= 0.6 is 11.8 Å². The van der Waals surface area contributed by atoms with E-state index in [9.17, 15) is 18.0 Å². The smallest absolute Gasteiger partial charge is 0.410 e. The van der Waals surface area contributed by atoms with Gasteiger partial charge in [-0.25, -0.2) is 0 Å². The second kappa shape index (κ2) is 8.74. The Balaban J connectivity index is 1.14. The van der Waals surface area contributed by atoms with Crippen molar-refractivity contribution in [2.24, 2.45) is 23.2 Å². The zero-order valence-electron chi connectivity index (χ0n) is 17.3. The van der Waals surface area contributed by atoms with Crippen molar-refractivity contribution < 1.29 is 22.7 Å². The van der Waals surface area contributed by atoms with Crippen molar-refractivity contribution in [3.63, 3.8) is 0 Å². The number of halogens is 3. The number of hydrogen-bond donors (Lipinski definition) is 1. The molecule has 0 bridgehead atoms. The predicted molar refractivity (Wildman–Crippen MR) is 111 cm³/mol. The summed E-state index contributed by atoms with van der Waals surface area (Å²) in [7, 11) is 0. The maximum atomic E-state index is 12.5. The summed E-state index contributed by atoms with van der Waals surface area (Å²) < 4.78 is 41.5. The molecule has 3 fully saturated rings. The lowest BCUT2D eigenvalue weighted by atomic mass is 9.82. The number of hydrogen-bond acceptors (Lipinski definition) is 5. The van der Waals surface area contributed by atoms with E-state index >= 15 is 0 Å². The minimum absolute atomic E-state index is 0.0369. The van der Waals surface area contributed by atoms with Gasteiger partial charge in [0, 0.05) is 56.1 Å². The summed E-state index contributed by atoms with van der Waals surface area (Å²) in [6.07, 6.45) is 0.575. The summed E-state index contributed by atoms with van der Waals surface area (Å²) in [5.41, 5.74) is -0.384. The van der Waals surface area contributed by atoms with Crippen molar-refractivity contribution in [1.82, 2.24) is 15.1 Å². The van der Waals surface area contributed by atoms with Crippen molar-refractivity contribution in [3.05, 3.63) is 24.0 Å². The highest BCUT2D eigenvalue weighted by molar-refractivity contribution is 7.99. The van der Waals surface area contributed by atoms with E-state index in [1.54, 1.807) is 6.08 Å². The van der Waals surface area contributed by atoms with Gasteiger partial charge in [-0.15, -0.1) is 13.2 Å². The Morgan fingerprint density at radius 2 is 2.00 bits per heavy atom. The molecule has 30 heavy (non-hydrogen) atoms. The second-order valence-electron chi connectivity index (χ2n) is 9.18. The second-order valence-corrected chi connectivity index (χ2v) is 10.4. The average Bonchev–Trinajstić information content (AvgIpc) is 3.12. The van der Waals surface area contributed by atoms with Crippen LogP contribution in [-0.4, -0.2) is 79.4 Å². The molecule has 0 spiro atoms. The fourth-order valence-electron chi connectivity index (χ4n) is 5.04. The highest BCUT2D eigenvalue weighted by Gasteiger charge is 2.55. The van der Waals surface area contributed by atoms with Gasteiger partial charge in [0.15, 0.2) is 0 Å². The lowest BCUT2D eigenvalue weighted by Crippen LogP contribution is -2.44. The van der Waals surface area contributed by atoms with Crippen LogP contribution < -0.4 is 5.32 Å². The zero-order chi connectivity index (χ0) is 21.4. The molecule has 4 rings (SSSR count). The third-order valence-electron chi connectivity index (χ3n) is 6.68. The number of nitrogens with zero attached hydrogens (tertiary/aromatic N) is 2. The molecule has 168 valence electrons. The van der Waals surface area contributed by atoms with E-state index in [1.165, 1.54) is 6.08 Å². The standard InChI is InChI=1S/C21H30F3N3O2S/c1-20(4-2-3-15(9-20)29-21(22,23)24)14-25-10-16-17-11-26(12-18(16)17)13-19(28)27-5-7-30-8-6-27/h2-4,16-18,25H,5-14H2,1H3. The molecule has 0 aromatic heterocycles. The molecule has 3 atom stereocenters. The normalized spacial score (nSPS) is 33.9. The van der Waals surface area contributed by atoms with Crippen LogP contribution in [0, 0.1) is 23.2 Å². The number of likely N-dealkylation sites (tertiary alicyclic amines) is 1. The molecule has 9 heteroatoms. The van der Waals surface area contributed by atoms with Gasteiger partial charge in [0.2, 0.25) is 5.91 Å². The minimum Gasteiger partial charge on any atom is -0.410 e. The number of carbonyl (C=O) groups is 1. The number of amides is 1. The number of thioether (sulfide) groups is 1. The number of rotatable bonds is 7. The zero-order valence-corrected chi connectivity index (χ0v) is 18.1. The van der Waals surface area contributed by atoms with Gasteiger partial charge in [-0.2, -0.15) is 11.8 Å². The molecule has 0 aromatic rings. The molecule has 4 aliphatic rings. The van der Waals surface area contributed by atoms with Crippen LogP contribution in [0.1, 0.15) is 13.3 Å². The molecule has 0 radical (unpaired) electrons. The highest BCUT2D eigenvalue weighted by Crippen LogP contribution is 2.51. The van der Waals surface area contributed by atoms with Gasteiger partial charge in [-0.1, -0.05) is 19.1 Å². The molecule has 2 aliphatic heterocycles. The highest BCUT2D eigenvalue weighted by atomic mass is 32.2. The van der Waals surface area contributed by atoms with Crippen LogP contribution in [0.15, 0.2) is 24.0 Å². The van der Waals surface area contributed by atoms with Gasteiger partial charge in [-0.3, -0.25) is 9.69 Å². The number of carbonyl (C=O) groups excluding carboxylic acids is 1. The Bertz CT molecular complexity index is 696. The van der Waals surface area contributed by atoms with Gasteiger partial charge in [0.1, 0.15) is 5.76 Å². The number of ether oxygens (including phenoxy) is 1.